The van der Waals surface area contributed by atoms with Crippen LogP contribution in [0.2, 0.25) is 0 Å². The van der Waals surface area contributed by atoms with Gasteiger partial charge in [-0.05, 0) is 61.1 Å². The summed E-state index contributed by atoms with van der Waals surface area (Å²) in [6.45, 7) is 0. The molecule has 0 aromatic heterocycles. The van der Waals surface area contributed by atoms with Crippen LogP contribution in [0.3, 0.4) is 0 Å². The Morgan fingerprint density at radius 3 is 3.05 bits per heavy atom. The Hall–Kier alpha value is -1.07. The first-order valence-corrected chi connectivity index (χ1v) is 8.87. The molecule has 4 aliphatic rings. The molecule has 1 amide bonds. The lowest BCUT2D eigenvalue weighted by Gasteiger charge is -2.32. The van der Waals surface area contributed by atoms with Gasteiger partial charge in [0.05, 0.1) is 12.2 Å². The molecule has 0 unspecified atom stereocenters. The molecule has 3 aliphatic carbocycles. The fraction of sp³-hybridized carbons (Fsp3) is 0.588. The first-order chi connectivity index (χ1) is 10.7. The summed E-state index contributed by atoms with van der Waals surface area (Å²) < 4.78 is 12.4. The predicted molar refractivity (Wildman–Crippen MR) is 84.5 cm³/mol. The van der Waals surface area contributed by atoms with Gasteiger partial charge < -0.3 is 9.47 Å². The molecule has 2 bridgehead atoms. The third-order valence-electron chi connectivity index (χ3n) is 6.01. The van der Waals surface area contributed by atoms with E-state index < -0.39 is 0 Å². The maximum atomic E-state index is 12.1. The molecule has 0 spiro atoms. The van der Waals surface area contributed by atoms with E-state index in [-0.39, 0.29) is 12.2 Å². The normalized spacial score (nSPS) is 43.6. The number of hydrogen-bond donors (Lipinski definition) is 1. The smallest absolute Gasteiger partial charge is 0.411 e. The Morgan fingerprint density at radius 2 is 2.18 bits per heavy atom. The van der Waals surface area contributed by atoms with E-state index in [9.17, 15) is 4.79 Å². The average Bonchev–Trinajstić information content (AvgIpc) is 2.82. The number of ether oxygens (including phenoxy) is 2. The third kappa shape index (κ3) is 2.02. The molecule has 1 aliphatic heterocycles. The lowest BCUT2D eigenvalue weighted by molar-refractivity contribution is 0.0251. The molecule has 22 heavy (non-hydrogen) atoms. The van der Waals surface area contributed by atoms with Gasteiger partial charge in [-0.1, -0.05) is 22.0 Å². The van der Waals surface area contributed by atoms with Crippen molar-refractivity contribution in [3.63, 3.8) is 0 Å². The number of amides is 1. The fourth-order valence-electron chi connectivity index (χ4n) is 5.25. The van der Waals surface area contributed by atoms with Crippen molar-refractivity contribution in [2.24, 2.45) is 23.7 Å². The summed E-state index contributed by atoms with van der Waals surface area (Å²) in [5, 5.41) is 2.83. The number of epoxide rings is 1. The van der Waals surface area contributed by atoms with E-state index in [0.29, 0.717) is 24.0 Å². The van der Waals surface area contributed by atoms with Gasteiger partial charge in [0.15, 0.2) is 0 Å². The Bertz CT molecular complexity index is 636. The van der Waals surface area contributed by atoms with Crippen molar-refractivity contribution in [1.82, 2.24) is 0 Å². The molecule has 1 aromatic rings. The SMILES string of the molecule is O=C(Nc1cccc(Br)c1)O[C@H]1C[C@H]2C[C@@H]1[C@H]1C[C@H]3O[C@@H]3[C@H]21. The van der Waals surface area contributed by atoms with Crippen LogP contribution in [0.4, 0.5) is 10.5 Å². The number of halogens is 1. The van der Waals surface area contributed by atoms with Crippen molar-refractivity contribution in [2.45, 2.75) is 37.6 Å². The summed E-state index contributed by atoms with van der Waals surface area (Å²) in [4.78, 5) is 12.1. The van der Waals surface area contributed by atoms with Gasteiger partial charge in [0.1, 0.15) is 6.10 Å². The predicted octanol–water partition coefficient (Wildman–Crippen LogP) is 3.81. The minimum absolute atomic E-state index is 0.0934. The molecule has 1 N–H and O–H groups in total. The van der Waals surface area contributed by atoms with Crippen LogP contribution in [0.15, 0.2) is 28.7 Å². The van der Waals surface area contributed by atoms with Gasteiger partial charge in [-0.25, -0.2) is 4.79 Å². The van der Waals surface area contributed by atoms with E-state index in [2.05, 4.69) is 21.2 Å². The van der Waals surface area contributed by atoms with Gasteiger partial charge in [-0.2, -0.15) is 0 Å². The van der Waals surface area contributed by atoms with Gasteiger partial charge in [-0.15, -0.1) is 0 Å². The second-order valence-corrected chi connectivity index (χ2v) is 8.01. The number of hydrogen-bond acceptors (Lipinski definition) is 3. The molecule has 1 aromatic carbocycles. The minimum atomic E-state index is -0.327. The van der Waals surface area contributed by atoms with E-state index in [1.54, 1.807) is 0 Å². The molecule has 4 nitrogen and oxygen atoms in total. The second-order valence-electron chi connectivity index (χ2n) is 7.09. The summed E-state index contributed by atoms with van der Waals surface area (Å²) >= 11 is 3.40. The van der Waals surface area contributed by atoms with Crippen molar-refractivity contribution >= 4 is 27.7 Å². The minimum Gasteiger partial charge on any atom is -0.446 e. The number of carbonyl (C=O) groups excluding carboxylic acids is 1. The molecule has 4 fully saturated rings. The number of benzene rings is 1. The van der Waals surface area contributed by atoms with Crippen molar-refractivity contribution in [1.29, 1.82) is 0 Å². The average molecular weight is 364 g/mol. The zero-order valence-electron chi connectivity index (χ0n) is 12.1. The lowest BCUT2D eigenvalue weighted by atomic mass is 9.79. The molecule has 5 rings (SSSR count). The molecule has 1 heterocycles. The van der Waals surface area contributed by atoms with Gasteiger partial charge in [0.2, 0.25) is 0 Å². The Kier molecular flexibility index (Phi) is 2.87. The number of nitrogens with one attached hydrogen (secondary N) is 1. The molecule has 5 heteroatoms. The lowest BCUT2D eigenvalue weighted by Crippen LogP contribution is -2.35. The Morgan fingerprint density at radius 1 is 1.27 bits per heavy atom. The molecule has 3 saturated carbocycles. The zero-order chi connectivity index (χ0) is 14.8. The molecular weight excluding hydrogens is 346 g/mol. The van der Waals surface area contributed by atoms with Crippen LogP contribution in [0.1, 0.15) is 19.3 Å². The van der Waals surface area contributed by atoms with Crippen molar-refractivity contribution < 1.29 is 14.3 Å². The largest absolute Gasteiger partial charge is 0.446 e. The van der Waals surface area contributed by atoms with Gasteiger partial charge in [-0.3, -0.25) is 5.32 Å². The van der Waals surface area contributed by atoms with Crippen LogP contribution >= 0.6 is 15.9 Å². The highest BCUT2D eigenvalue weighted by atomic mass is 79.9. The van der Waals surface area contributed by atoms with Crippen LogP contribution in [0, 0.1) is 23.7 Å². The van der Waals surface area contributed by atoms with Gasteiger partial charge in [0.25, 0.3) is 0 Å². The van der Waals surface area contributed by atoms with Crippen LogP contribution in [-0.4, -0.2) is 24.4 Å². The quantitative estimate of drug-likeness (QED) is 0.812. The maximum absolute atomic E-state index is 12.1. The molecule has 7 atom stereocenters. The number of rotatable bonds is 2. The summed E-state index contributed by atoms with van der Waals surface area (Å²) in [7, 11) is 0. The molecule has 1 saturated heterocycles. The number of carbonyl (C=O) groups is 1. The third-order valence-corrected chi connectivity index (χ3v) is 6.50. The zero-order valence-corrected chi connectivity index (χ0v) is 13.7. The number of anilines is 1. The van der Waals surface area contributed by atoms with E-state index >= 15 is 0 Å². The summed E-state index contributed by atoms with van der Waals surface area (Å²) in [5.74, 6) is 2.74. The van der Waals surface area contributed by atoms with E-state index in [0.717, 1.165) is 28.4 Å². The summed E-state index contributed by atoms with van der Waals surface area (Å²) in [5.41, 5.74) is 0.760. The van der Waals surface area contributed by atoms with Crippen molar-refractivity contribution in [2.75, 3.05) is 5.32 Å². The van der Waals surface area contributed by atoms with Crippen LogP contribution in [-0.2, 0) is 9.47 Å². The number of fused-ring (bicyclic) bond motifs is 7. The highest BCUT2D eigenvalue weighted by Gasteiger charge is 2.67. The first-order valence-electron chi connectivity index (χ1n) is 8.08. The molecule has 116 valence electrons. The summed E-state index contributed by atoms with van der Waals surface area (Å²) in [6, 6.07) is 7.57. The van der Waals surface area contributed by atoms with Gasteiger partial charge >= 0.3 is 6.09 Å². The van der Waals surface area contributed by atoms with Gasteiger partial charge in [0, 0.05) is 10.2 Å². The first kappa shape index (κ1) is 13.4. The monoisotopic (exact) mass is 363 g/mol. The van der Waals surface area contributed by atoms with E-state index in [1.165, 1.54) is 12.8 Å². The van der Waals surface area contributed by atoms with Crippen LogP contribution in [0.5, 0.6) is 0 Å². The molecular formula is C17H18BrNO3. The summed E-state index contributed by atoms with van der Waals surface area (Å²) in [6.07, 6.45) is 4.25. The van der Waals surface area contributed by atoms with Crippen molar-refractivity contribution in [3.05, 3.63) is 28.7 Å². The Labute approximate surface area is 137 Å². The van der Waals surface area contributed by atoms with E-state index in [1.807, 2.05) is 24.3 Å². The maximum Gasteiger partial charge on any atom is 0.411 e. The standard InChI is InChI=1S/C17H18BrNO3/c18-9-2-1-3-10(6-9)19-17(20)22-13-5-8-4-11(13)12-7-14-16(21-14)15(8)12/h1-3,6,8,11-16H,4-5,7H2,(H,19,20)/t8-,11-,12-,13+,14-,15-,16+/m1/s1. The van der Waals surface area contributed by atoms with Crippen LogP contribution < -0.4 is 5.32 Å². The van der Waals surface area contributed by atoms with Crippen molar-refractivity contribution in [3.8, 4) is 0 Å². The Balaban J connectivity index is 1.23. The second kappa shape index (κ2) is 4.71. The fourth-order valence-corrected chi connectivity index (χ4v) is 5.65. The van der Waals surface area contributed by atoms with Crippen LogP contribution in [0.25, 0.3) is 0 Å². The van der Waals surface area contributed by atoms with E-state index in [4.69, 9.17) is 9.47 Å². The molecule has 0 radical (unpaired) electrons. The highest BCUT2D eigenvalue weighted by molar-refractivity contribution is 9.10. The topological polar surface area (TPSA) is 50.9 Å². The highest BCUT2D eigenvalue weighted by Crippen LogP contribution is 2.64.